The standard InChI is InChI=1S/C9H12N2O4S/c1-5(2)11-7-4-16(14,15)3-6(7)8(10-11)9(12)13/h5H,3-4H2,1-2H3,(H,12,13). The summed E-state index contributed by atoms with van der Waals surface area (Å²) in [7, 11) is -3.20. The Morgan fingerprint density at radius 3 is 2.56 bits per heavy atom. The number of fused-ring (bicyclic) bond motifs is 1. The third-order valence-electron chi connectivity index (χ3n) is 2.53. The van der Waals surface area contributed by atoms with Gasteiger partial charge in [0.05, 0.1) is 17.2 Å². The molecule has 1 aliphatic rings. The summed E-state index contributed by atoms with van der Waals surface area (Å²) in [5, 5.41) is 12.9. The second-order valence-corrected chi connectivity index (χ2v) is 6.21. The summed E-state index contributed by atoms with van der Waals surface area (Å²) < 4.78 is 24.4. The lowest BCUT2D eigenvalue weighted by Gasteiger charge is -2.08. The van der Waals surface area contributed by atoms with Crippen LogP contribution < -0.4 is 0 Å². The molecule has 1 N–H and O–H groups in total. The average Bonchev–Trinajstić information content (AvgIpc) is 2.56. The zero-order chi connectivity index (χ0) is 12.1. The molecule has 0 fully saturated rings. The molecule has 0 saturated carbocycles. The van der Waals surface area contributed by atoms with Crippen molar-refractivity contribution in [2.45, 2.75) is 31.4 Å². The molecule has 1 aliphatic heterocycles. The summed E-state index contributed by atoms with van der Waals surface area (Å²) in [4.78, 5) is 10.9. The van der Waals surface area contributed by atoms with Crippen molar-refractivity contribution in [1.82, 2.24) is 9.78 Å². The Balaban J connectivity index is 2.64. The molecule has 6 nitrogen and oxygen atoms in total. The SMILES string of the molecule is CC(C)n1nc(C(=O)O)c2c1CS(=O)(=O)C2. The van der Waals surface area contributed by atoms with Crippen molar-refractivity contribution < 1.29 is 18.3 Å². The van der Waals surface area contributed by atoms with Gasteiger partial charge in [0.2, 0.25) is 0 Å². The fourth-order valence-electron chi connectivity index (χ4n) is 1.89. The molecule has 88 valence electrons. The topological polar surface area (TPSA) is 89.3 Å². The van der Waals surface area contributed by atoms with Crippen LogP contribution in [-0.4, -0.2) is 29.3 Å². The first kappa shape index (κ1) is 11.1. The molecule has 0 unspecified atom stereocenters. The number of rotatable bonds is 2. The lowest BCUT2D eigenvalue weighted by Crippen LogP contribution is -2.11. The first-order valence-corrected chi connectivity index (χ1v) is 6.68. The largest absolute Gasteiger partial charge is 0.476 e. The van der Waals surface area contributed by atoms with Crippen LogP contribution in [0.1, 0.15) is 41.6 Å². The minimum atomic E-state index is -3.20. The number of aromatic carboxylic acids is 1. The lowest BCUT2D eigenvalue weighted by molar-refractivity contribution is 0.0688. The average molecular weight is 244 g/mol. The Bertz CT molecular complexity index is 556. The van der Waals surface area contributed by atoms with Crippen molar-refractivity contribution in [3.05, 3.63) is 17.0 Å². The predicted molar refractivity (Wildman–Crippen MR) is 55.9 cm³/mol. The third kappa shape index (κ3) is 1.60. The van der Waals surface area contributed by atoms with E-state index in [1.54, 1.807) is 0 Å². The first-order chi connectivity index (χ1) is 7.32. The van der Waals surface area contributed by atoms with Crippen LogP contribution in [0.4, 0.5) is 0 Å². The van der Waals surface area contributed by atoms with Gasteiger partial charge in [-0.25, -0.2) is 13.2 Å². The molecule has 0 radical (unpaired) electrons. The summed E-state index contributed by atoms with van der Waals surface area (Å²) >= 11 is 0. The fraction of sp³-hybridized carbons (Fsp3) is 0.556. The highest BCUT2D eigenvalue weighted by Gasteiger charge is 2.35. The minimum Gasteiger partial charge on any atom is -0.476 e. The summed E-state index contributed by atoms with van der Waals surface area (Å²) in [6.07, 6.45) is 0. The second-order valence-electron chi connectivity index (χ2n) is 4.15. The van der Waals surface area contributed by atoms with E-state index >= 15 is 0 Å². The number of carboxylic acid groups (broad SMARTS) is 1. The molecule has 0 amide bonds. The molecule has 0 aliphatic carbocycles. The Morgan fingerprint density at radius 2 is 2.06 bits per heavy atom. The fourth-order valence-corrected chi connectivity index (χ4v) is 3.45. The zero-order valence-corrected chi connectivity index (χ0v) is 9.78. The van der Waals surface area contributed by atoms with Crippen LogP contribution in [0, 0.1) is 0 Å². The molecule has 2 heterocycles. The Kier molecular flexibility index (Phi) is 2.30. The van der Waals surface area contributed by atoms with Crippen molar-refractivity contribution in [3.8, 4) is 0 Å². The van der Waals surface area contributed by atoms with E-state index in [1.165, 1.54) is 4.68 Å². The Morgan fingerprint density at radius 1 is 1.44 bits per heavy atom. The van der Waals surface area contributed by atoms with Gasteiger partial charge in [0, 0.05) is 11.6 Å². The van der Waals surface area contributed by atoms with Crippen LogP contribution in [0.5, 0.6) is 0 Å². The molecule has 0 aromatic carbocycles. The van der Waals surface area contributed by atoms with Crippen LogP contribution in [0.15, 0.2) is 0 Å². The lowest BCUT2D eigenvalue weighted by atomic mass is 10.2. The molecule has 7 heteroatoms. The van der Waals surface area contributed by atoms with Gasteiger partial charge in [0.1, 0.15) is 0 Å². The van der Waals surface area contributed by atoms with E-state index in [0.29, 0.717) is 11.3 Å². The maximum Gasteiger partial charge on any atom is 0.356 e. The number of hydrogen-bond acceptors (Lipinski definition) is 4. The molecule has 16 heavy (non-hydrogen) atoms. The number of nitrogens with zero attached hydrogens (tertiary/aromatic N) is 2. The number of hydrogen-bond donors (Lipinski definition) is 1. The maximum absolute atomic E-state index is 11.5. The zero-order valence-electron chi connectivity index (χ0n) is 8.97. The number of sulfone groups is 1. The van der Waals surface area contributed by atoms with E-state index in [2.05, 4.69) is 5.10 Å². The van der Waals surface area contributed by atoms with Crippen molar-refractivity contribution in [3.63, 3.8) is 0 Å². The van der Waals surface area contributed by atoms with Crippen LogP contribution in [0.3, 0.4) is 0 Å². The highest BCUT2D eigenvalue weighted by atomic mass is 32.2. The van der Waals surface area contributed by atoms with Gasteiger partial charge < -0.3 is 5.11 Å². The van der Waals surface area contributed by atoms with Gasteiger partial charge in [-0.1, -0.05) is 0 Å². The van der Waals surface area contributed by atoms with E-state index in [4.69, 9.17) is 5.11 Å². The van der Waals surface area contributed by atoms with Gasteiger partial charge in [-0.05, 0) is 13.8 Å². The smallest absolute Gasteiger partial charge is 0.356 e. The summed E-state index contributed by atoms with van der Waals surface area (Å²) in [6.45, 7) is 3.67. The predicted octanol–water partition coefficient (Wildman–Crippen LogP) is 0.591. The van der Waals surface area contributed by atoms with Gasteiger partial charge in [-0.3, -0.25) is 4.68 Å². The molecule has 0 bridgehead atoms. The van der Waals surface area contributed by atoms with Crippen LogP contribution >= 0.6 is 0 Å². The minimum absolute atomic E-state index is 0.0462. The van der Waals surface area contributed by atoms with E-state index < -0.39 is 15.8 Å². The molecular formula is C9H12N2O4S. The molecule has 2 rings (SSSR count). The highest BCUT2D eigenvalue weighted by Crippen LogP contribution is 2.29. The third-order valence-corrected chi connectivity index (χ3v) is 3.97. The summed E-state index contributed by atoms with van der Waals surface area (Å²) in [5.41, 5.74) is 0.735. The molecule has 1 aromatic heterocycles. The second kappa shape index (κ2) is 3.31. The monoisotopic (exact) mass is 244 g/mol. The van der Waals surface area contributed by atoms with Crippen LogP contribution in [0.2, 0.25) is 0 Å². The number of aromatic nitrogens is 2. The van der Waals surface area contributed by atoms with Gasteiger partial charge in [0.15, 0.2) is 15.5 Å². The number of carboxylic acids is 1. The molecular weight excluding hydrogens is 232 g/mol. The summed E-state index contributed by atoms with van der Waals surface area (Å²) in [6, 6.07) is -0.0462. The van der Waals surface area contributed by atoms with Crippen molar-refractivity contribution in [1.29, 1.82) is 0 Å². The molecule has 0 atom stereocenters. The van der Waals surface area contributed by atoms with E-state index in [1.807, 2.05) is 13.8 Å². The van der Waals surface area contributed by atoms with Crippen molar-refractivity contribution >= 4 is 15.8 Å². The normalized spacial score (nSPS) is 17.7. The number of carbonyl (C=O) groups is 1. The van der Waals surface area contributed by atoms with Gasteiger partial charge >= 0.3 is 5.97 Å². The van der Waals surface area contributed by atoms with Gasteiger partial charge in [-0.15, -0.1) is 0 Å². The van der Waals surface area contributed by atoms with E-state index in [-0.39, 0.29) is 23.2 Å². The van der Waals surface area contributed by atoms with Crippen LogP contribution in [0.25, 0.3) is 0 Å². The highest BCUT2D eigenvalue weighted by molar-refractivity contribution is 7.90. The van der Waals surface area contributed by atoms with Gasteiger partial charge in [-0.2, -0.15) is 5.10 Å². The van der Waals surface area contributed by atoms with E-state index in [9.17, 15) is 13.2 Å². The van der Waals surface area contributed by atoms with Crippen molar-refractivity contribution in [2.24, 2.45) is 0 Å². The Hall–Kier alpha value is -1.37. The quantitative estimate of drug-likeness (QED) is 0.822. The first-order valence-electron chi connectivity index (χ1n) is 4.86. The summed E-state index contributed by atoms with van der Waals surface area (Å²) in [5.74, 6) is -1.50. The maximum atomic E-state index is 11.5. The van der Waals surface area contributed by atoms with E-state index in [0.717, 1.165) is 0 Å². The molecule has 1 aromatic rings. The molecule has 0 saturated heterocycles. The Labute approximate surface area is 92.8 Å². The molecule has 0 spiro atoms. The van der Waals surface area contributed by atoms with Crippen LogP contribution in [-0.2, 0) is 21.3 Å². The van der Waals surface area contributed by atoms with Crippen molar-refractivity contribution in [2.75, 3.05) is 0 Å². The van der Waals surface area contributed by atoms with Gasteiger partial charge in [0.25, 0.3) is 0 Å².